The number of aliphatic imine (C=N–C) groups is 1. The molecule has 0 radical (unpaired) electrons. The van der Waals surface area contributed by atoms with E-state index in [4.69, 9.17) is 9.47 Å². The molecule has 142 valence electrons. The minimum absolute atomic E-state index is 0.199. The Labute approximate surface area is 153 Å². The lowest BCUT2D eigenvalue weighted by atomic mass is 9.68. The molecule has 0 bridgehead atoms. The largest absolute Gasteiger partial charge is 0.465 e. The molecule has 0 fully saturated rings. The highest BCUT2D eigenvalue weighted by atomic mass is 16.5. The van der Waals surface area contributed by atoms with Crippen LogP contribution in [0.25, 0.3) is 0 Å². The minimum atomic E-state index is -1.05. The van der Waals surface area contributed by atoms with E-state index in [1.54, 1.807) is 52.8 Å². The quantitative estimate of drug-likeness (QED) is 0.757. The van der Waals surface area contributed by atoms with E-state index in [2.05, 4.69) is 4.99 Å². The number of esters is 2. The van der Waals surface area contributed by atoms with Crippen LogP contribution in [-0.2, 0) is 19.1 Å². The van der Waals surface area contributed by atoms with Crippen LogP contribution >= 0.6 is 0 Å². The van der Waals surface area contributed by atoms with Gasteiger partial charge < -0.3 is 9.47 Å². The van der Waals surface area contributed by atoms with Gasteiger partial charge in [-0.1, -0.05) is 12.2 Å². The Bertz CT molecular complexity index is 707. The molecule has 2 heterocycles. The van der Waals surface area contributed by atoms with Gasteiger partial charge in [-0.2, -0.15) is 0 Å². The highest BCUT2D eigenvalue weighted by molar-refractivity contribution is 6.06. The van der Waals surface area contributed by atoms with E-state index in [-0.39, 0.29) is 18.8 Å². The first-order chi connectivity index (χ1) is 12.3. The third-order valence-corrected chi connectivity index (χ3v) is 4.76. The number of hydrogen-bond donors (Lipinski definition) is 1. The van der Waals surface area contributed by atoms with Crippen molar-refractivity contribution in [2.24, 2.45) is 16.8 Å². The number of rotatable bonds is 5. The van der Waals surface area contributed by atoms with E-state index in [1.165, 1.54) is 6.20 Å². The monoisotopic (exact) mass is 362 g/mol. The molecule has 0 aromatic heterocycles. The van der Waals surface area contributed by atoms with E-state index in [1.807, 2.05) is 0 Å². The van der Waals surface area contributed by atoms with E-state index in [0.717, 1.165) is 5.06 Å². The van der Waals surface area contributed by atoms with Crippen LogP contribution in [0.5, 0.6) is 0 Å². The summed E-state index contributed by atoms with van der Waals surface area (Å²) < 4.78 is 10.5. The third kappa shape index (κ3) is 3.44. The third-order valence-electron chi connectivity index (χ3n) is 4.76. The van der Waals surface area contributed by atoms with Gasteiger partial charge in [-0.25, -0.2) is 4.79 Å². The molecule has 0 aromatic carbocycles. The number of carbonyl (C=O) groups is 2. The first-order valence-corrected chi connectivity index (χ1v) is 8.71. The molecule has 0 aromatic rings. The number of hydrogen-bond acceptors (Lipinski definition) is 7. The summed E-state index contributed by atoms with van der Waals surface area (Å²) in [6.07, 6.45) is 6.69. The summed E-state index contributed by atoms with van der Waals surface area (Å²) in [5.74, 6) is -2.55. The van der Waals surface area contributed by atoms with Gasteiger partial charge in [0, 0.05) is 23.5 Å². The van der Waals surface area contributed by atoms with Crippen LogP contribution in [-0.4, -0.2) is 46.7 Å². The lowest BCUT2D eigenvalue weighted by molar-refractivity contribution is -0.157. The Morgan fingerprint density at radius 2 is 1.88 bits per heavy atom. The van der Waals surface area contributed by atoms with Crippen LogP contribution in [0.4, 0.5) is 0 Å². The minimum Gasteiger partial charge on any atom is -0.465 e. The van der Waals surface area contributed by atoms with Crippen LogP contribution in [0.3, 0.4) is 0 Å². The summed E-state index contributed by atoms with van der Waals surface area (Å²) in [7, 11) is 0. The zero-order chi connectivity index (χ0) is 19.5. The first kappa shape index (κ1) is 19.9. The highest BCUT2D eigenvalue weighted by Gasteiger charge is 2.52. The van der Waals surface area contributed by atoms with E-state index >= 15 is 0 Å². The van der Waals surface area contributed by atoms with Gasteiger partial charge >= 0.3 is 11.9 Å². The predicted octanol–water partition coefficient (Wildman–Crippen LogP) is 2.63. The number of carbonyl (C=O) groups excluding carboxylic acids is 2. The molecule has 2 aliphatic rings. The molecule has 7 nitrogen and oxygen atoms in total. The lowest BCUT2D eigenvalue weighted by Crippen LogP contribution is -2.55. The van der Waals surface area contributed by atoms with Crippen molar-refractivity contribution in [1.29, 1.82) is 0 Å². The van der Waals surface area contributed by atoms with Crippen molar-refractivity contribution in [1.82, 2.24) is 5.06 Å². The number of hydroxylamine groups is 2. The maximum Gasteiger partial charge on any atom is 0.336 e. The van der Waals surface area contributed by atoms with Crippen molar-refractivity contribution in [3.63, 3.8) is 0 Å². The summed E-state index contributed by atoms with van der Waals surface area (Å²) in [5, 5.41) is 11.5. The normalized spacial score (nSPS) is 28.1. The molecule has 0 aliphatic carbocycles. The number of allylic oxidation sites excluding steroid dienone is 3. The van der Waals surface area contributed by atoms with Gasteiger partial charge in [-0.3, -0.25) is 20.1 Å². The molecule has 1 N–H and O–H groups in total. The van der Waals surface area contributed by atoms with Crippen LogP contribution in [0.15, 0.2) is 40.7 Å². The summed E-state index contributed by atoms with van der Waals surface area (Å²) >= 11 is 0. The van der Waals surface area contributed by atoms with Gasteiger partial charge in [0.05, 0.1) is 24.3 Å². The first-order valence-electron chi connectivity index (χ1n) is 8.71. The van der Waals surface area contributed by atoms with Crippen LogP contribution in [0, 0.1) is 11.8 Å². The summed E-state index contributed by atoms with van der Waals surface area (Å²) in [6, 6.07) is 0. The Balaban J connectivity index is 2.65. The molecule has 0 amide bonds. The van der Waals surface area contributed by atoms with Crippen LogP contribution in [0.2, 0.25) is 0 Å². The molecule has 0 saturated heterocycles. The molecule has 2 aliphatic heterocycles. The molecule has 0 saturated carbocycles. The maximum atomic E-state index is 12.7. The predicted molar refractivity (Wildman–Crippen MR) is 96.4 cm³/mol. The van der Waals surface area contributed by atoms with Crippen molar-refractivity contribution in [2.75, 3.05) is 13.2 Å². The zero-order valence-electron chi connectivity index (χ0n) is 15.9. The van der Waals surface area contributed by atoms with Crippen LogP contribution < -0.4 is 0 Å². The van der Waals surface area contributed by atoms with Crippen molar-refractivity contribution in [3.05, 3.63) is 35.7 Å². The van der Waals surface area contributed by atoms with Gasteiger partial charge in [0.25, 0.3) is 0 Å². The second-order valence-electron chi connectivity index (χ2n) is 6.45. The van der Waals surface area contributed by atoms with Gasteiger partial charge in [-0.05, 0) is 40.7 Å². The Kier molecular flexibility index (Phi) is 6.02. The van der Waals surface area contributed by atoms with Gasteiger partial charge in [-0.15, -0.1) is 0 Å². The Hall–Kier alpha value is -2.41. The fraction of sp³-hybridized carbons (Fsp3) is 0.526. The molecule has 26 heavy (non-hydrogen) atoms. The topological polar surface area (TPSA) is 88.4 Å². The standard InChI is InChI=1S/C19H26N2O5/c1-6-25-17(22)14-12(3)20-13(4)15(18(23)26-7-2)16(14)19(5)10-8-9-11-21(19)24/h8-11,14,16,24H,6-7H2,1-5H3. The fourth-order valence-corrected chi connectivity index (χ4v) is 3.54. The van der Waals surface area contributed by atoms with E-state index in [9.17, 15) is 14.8 Å². The second-order valence-corrected chi connectivity index (χ2v) is 6.45. The van der Waals surface area contributed by atoms with Crippen molar-refractivity contribution >= 4 is 17.7 Å². The van der Waals surface area contributed by atoms with Gasteiger partial charge in [0.1, 0.15) is 5.92 Å². The van der Waals surface area contributed by atoms with Crippen molar-refractivity contribution in [2.45, 2.75) is 40.2 Å². The molecular weight excluding hydrogens is 336 g/mol. The molecule has 7 heteroatoms. The summed E-state index contributed by atoms with van der Waals surface area (Å²) in [4.78, 5) is 29.8. The lowest BCUT2D eigenvalue weighted by Gasteiger charge is -2.46. The van der Waals surface area contributed by atoms with Crippen molar-refractivity contribution < 1.29 is 24.3 Å². The molecule has 3 unspecified atom stereocenters. The molecular formula is C19H26N2O5. The molecule has 3 atom stereocenters. The smallest absolute Gasteiger partial charge is 0.336 e. The SMILES string of the molecule is CCOC(=O)C1=C(C)N=C(C)C(C(=O)OCC)C1C1(C)C=CC=CN1O. The number of nitrogens with zero attached hydrogens (tertiary/aromatic N) is 2. The average molecular weight is 362 g/mol. The molecule has 0 spiro atoms. The summed E-state index contributed by atoms with van der Waals surface area (Å²) in [5.41, 5.74) is 0.241. The highest BCUT2D eigenvalue weighted by Crippen LogP contribution is 2.43. The van der Waals surface area contributed by atoms with Gasteiger partial charge in [0.15, 0.2) is 0 Å². The maximum absolute atomic E-state index is 12.7. The van der Waals surface area contributed by atoms with E-state index < -0.39 is 29.3 Å². The Morgan fingerprint density at radius 1 is 1.23 bits per heavy atom. The Morgan fingerprint density at radius 3 is 2.46 bits per heavy atom. The average Bonchev–Trinajstić information content (AvgIpc) is 2.57. The van der Waals surface area contributed by atoms with Crippen molar-refractivity contribution in [3.8, 4) is 0 Å². The summed E-state index contributed by atoms with van der Waals surface area (Å²) in [6.45, 7) is 9.04. The second kappa shape index (κ2) is 7.86. The number of ether oxygens (including phenoxy) is 2. The van der Waals surface area contributed by atoms with Gasteiger partial charge in [0.2, 0.25) is 0 Å². The fourth-order valence-electron chi connectivity index (χ4n) is 3.54. The molecule has 2 rings (SSSR count). The van der Waals surface area contributed by atoms with E-state index in [0.29, 0.717) is 11.4 Å². The zero-order valence-corrected chi connectivity index (χ0v) is 15.9. The van der Waals surface area contributed by atoms with Crippen LogP contribution in [0.1, 0.15) is 34.6 Å².